The minimum atomic E-state index is 0. The third-order valence-corrected chi connectivity index (χ3v) is 2.92. The van der Waals surface area contributed by atoms with Crippen LogP contribution in [0.2, 0.25) is 0 Å². The normalized spacial score (nSPS) is 9.47. The largest absolute Gasteiger partial charge is 0.350 e. The molecule has 0 aromatic carbocycles. The van der Waals surface area contributed by atoms with Crippen LogP contribution in [0.15, 0.2) is 11.4 Å². The molecule has 0 fully saturated rings. The van der Waals surface area contributed by atoms with E-state index in [-0.39, 0.29) is 18.3 Å². The van der Waals surface area contributed by atoms with Gasteiger partial charge in [0.2, 0.25) is 0 Å². The summed E-state index contributed by atoms with van der Waals surface area (Å²) in [6.07, 6.45) is 0. The first-order chi connectivity index (χ1) is 6.75. The highest BCUT2D eigenvalue weighted by molar-refractivity contribution is 7.12. The van der Waals surface area contributed by atoms with E-state index < -0.39 is 0 Å². The smallest absolute Gasteiger partial charge is 0.261 e. The van der Waals surface area contributed by atoms with E-state index in [1.807, 2.05) is 25.3 Å². The SMILES string of the molecule is CCNCCNC(=O)c1sccc1C.Cl. The van der Waals surface area contributed by atoms with Crippen LogP contribution < -0.4 is 10.6 Å². The second kappa shape index (κ2) is 7.68. The van der Waals surface area contributed by atoms with Crippen LogP contribution in [0.1, 0.15) is 22.2 Å². The van der Waals surface area contributed by atoms with Gasteiger partial charge in [0.05, 0.1) is 4.88 Å². The van der Waals surface area contributed by atoms with Gasteiger partial charge < -0.3 is 10.6 Å². The molecule has 0 atom stereocenters. The molecule has 1 rings (SSSR count). The van der Waals surface area contributed by atoms with E-state index in [9.17, 15) is 4.79 Å². The van der Waals surface area contributed by atoms with Gasteiger partial charge in [-0.3, -0.25) is 4.79 Å². The van der Waals surface area contributed by atoms with E-state index >= 15 is 0 Å². The molecule has 5 heteroatoms. The molecule has 0 saturated heterocycles. The molecule has 0 aliphatic rings. The average Bonchev–Trinajstić information content (AvgIpc) is 2.59. The van der Waals surface area contributed by atoms with Gasteiger partial charge >= 0.3 is 0 Å². The zero-order chi connectivity index (χ0) is 10.4. The van der Waals surface area contributed by atoms with Crippen LogP contribution in [-0.2, 0) is 0 Å². The Morgan fingerprint density at radius 1 is 1.47 bits per heavy atom. The fraction of sp³-hybridized carbons (Fsp3) is 0.500. The van der Waals surface area contributed by atoms with Gasteiger partial charge in [-0.25, -0.2) is 0 Å². The zero-order valence-corrected chi connectivity index (χ0v) is 10.6. The summed E-state index contributed by atoms with van der Waals surface area (Å²) in [5, 5.41) is 7.96. The minimum absolute atomic E-state index is 0. The van der Waals surface area contributed by atoms with Gasteiger partial charge in [0.15, 0.2) is 0 Å². The van der Waals surface area contributed by atoms with Crippen LogP contribution in [0.3, 0.4) is 0 Å². The van der Waals surface area contributed by atoms with Crippen LogP contribution in [0, 0.1) is 6.92 Å². The molecule has 0 aliphatic heterocycles. The zero-order valence-electron chi connectivity index (χ0n) is 9.00. The van der Waals surface area contributed by atoms with Crippen molar-refractivity contribution in [1.29, 1.82) is 0 Å². The number of rotatable bonds is 5. The number of nitrogens with one attached hydrogen (secondary N) is 2. The molecular weight excluding hydrogens is 232 g/mol. The summed E-state index contributed by atoms with van der Waals surface area (Å²) in [7, 11) is 0. The van der Waals surface area contributed by atoms with Crippen molar-refractivity contribution in [1.82, 2.24) is 10.6 Å². The Bertz CT molecular complexity index is 301. The van der Waals surface area contributed by atoms with E-state index in [0.717, 1.165) is 23.5 Å². The van der Waals surface area contributed by atoms with Crippen LogP contribution in [0.4, 0.5) is 0 Å². The maximum absolute atomic E-state index is 11.6. The van der Waals surface area contributed by atoms with E-state index in [1.165, 1.54) is 11.3 Å². The topological polar surface area (TPSA) is 41.1 Å². The molecule has 0 aliphatic carbocycles. The standard InChI is InChI=1S/C10H16N2OS.ClH/c1-3-11-5-6-12-10(13)9-8(2)4-7-14-9;/h4,7,11H,3,5-6H2,1-2H3,(H,12,13);1H. The maximum Gasteiger partial charge on any atom is 0.261 e. The van der Waals surface area contributed by atoms with Crippen molar-refractivity contribution in [3.63, 3.8) is 0 Å². The summed E-state index contributed by atoms with van der Waals surface area (Å²) in [4.78, 5) is 12.4. The van der Waals surface area contributed by atoms with Gasteiger partial charge in [-0.05, 0) is 30.5 Å². The minimum Gasteiger partial charge on any atom is -0.350 e. The summed E-state index contributed by atoms with van der Waals surface area (Å²) in [5.74, 6) is 0.0374. The number of aryl methyl sites for hydroxylation is 1. The molecule has 2 N–H and O–H groups in total. The highest BCUT2D eigenvalue weighted by atomic mass is 35.5. The third-order valence-electron chi connectivity index (χ3n) is 1.91. The molecule has 1 amide bonds. The molecule has 0 radical (unpaired) electrons. The van der Waals surface area contributed by atoms with Crippen molar-refractivity contribution >= 4 is 29.7 Å². The number of thiophene rings is 1. The summed E-state index contributed by atoms with van der Waals surface area (Å²) >= 11 is 1.49. The number of carbonyl (C=O) groups is 1. The second-order valence-electron chi connectivity index (χ2n) is 3.04. The van der Waals surface area contributed by atoms with Crippen molar-refractivity contribution in [3.05, 3.63) is 21.9 Å². The molecule has 1 aromatic heterocycles. The van der Waals surface area contributed by atoms with E-state index in [2.05, 4.69) is 10.6 Å². The highest BCUT2D eigenvalue weighted by Crippen LogP contribution is 2.14. The molecule has 0 saturated carbocycles. The Balaban J connectivity index is 0.00000196. The van der Waals surface area contributed by atoms with E-state index in [1.54, 1.807) is 0 Å². The molecule has 0 spiro atoms. The van der Waals surface area contributed by atoms with Crippen molar-refractivity contribution in [2.24, 2.45) is 0 Å². The quantitative estimate of drug-likeness (QED) is 0.781. The summed E-state index contributed by atoms with van der Waals surface area (Å²) in [6, 6.07) is 1.96. The Hall–Kier alpha value is -0.580. The van der Waals surface area contributed by atoms with Crippen molar-refractivity contribution in [3.8, 4) is 0 Å². The average molecular weight is 249 g/mol. The van der Waals surface area contributed by atoms with Crippen LogP contribution in [0.5, 0.6) is 0 Å². The van der Waals surface area contributed by atoms with E-state index in [0.29, 0.717) is 6.54 Å². The first kappa shape index (κ1) is 14.4. The summed E-state index contributed by atoms with van der Waals surface area (Å²) < 4.78 is 0. The van der Waals surface area contributed by atoms with Crippen LogP contribution in [-0.4, -0.2) is 25.5 Å². The number of hydrogen-bond donors (Lipinski definition) is 2. The summed E-state index contributed by atoms with van der Waals surface area (Å²) in [5.41, 5.74) is 1.05. The van der Waals surface area contributed by atoms with Gasteiger partial charge in [0, 0.05) is 13.1 Å². The Morgan fingerprint density at radius 2 is 2.20 bits per heavy atom. The Labute approximate surface area is 101 Å². The van der Waals surface area contributed by atoms with Gasteiger partial charge in [-0.15, -0.1) is 23.7 Å². The number of halogens is 1. The van der Waals surface area contributed by atoms with Gasteiger partial charge in [-0.1, -0.05) is 6.92 Å². The number of carbonyl (C=O) groups excluding carboxylic acids is 1. The van der Waals surface area contributed by atoms with Crippen molar-refractivity contribution in [2.75, 3.05) is 19.6 Å². The molecule has 1 heterocycles. The second-order valence-corrected chi connectivity index (χ2v) is 3.96. The predicted molar refractivity (Wildman–Crippen MR) is 67.2 cm³/mol. The van der Waals surface area contributed by atoms with Gasteiger partial charge in [0.1, 0.15) is 0 Å². The van der Waals surface area contributed by atoms with Gasteiger partial charge in [0.25, 0.3) is 5.91 Å². The molecule has 86 valence electrons. The number of hydrogen-bond acceptors (Lipinski definition) is 3. The molecule has 15 heavy (non-hydrogen) atoms. The van der Waals surface area contributed by atoms with Crippen molar-refractivity contribution in [2.45, 2.75) is 13.8 Å². The fourth-order valence-corrected chi connectivity index (χ4v) is 1.97. The maximum atomic E-state index is 11.6. The molecule has 1 aromatic rings. The number of amides is 1. The lowest BCUT2D eigenvalue weighted by molar-refractivity contribution is 0.0957. The Kier molecular flexibility index (Phi) is 7.38. The molecule has 0 bridgehead atoms. The molecular formula is C10H17ClN2OS. The first-order valence-electron chi connectivity index (χ1n) is 4.78. The lowest BCUT2D eigenvalue weighted by atomic mass is 10.3. The highest BCUT2D eigenvalue weighted by Gasteiger charge is 2.08. The van der Waals surface area contributed by atoms with E-state index in [4.69, 9.17) is 0 Å². The lowest BCUT2D eigenvalue weighted by Gasteiger charge is -2.04. The fourth-order valence-electron chi connectivity index (χ4n) is 1.13. The van der Waals surface area contributed by atoms with Gasteiger partial charge in [-0.2, -0.15) is 0 Å². The summed E-state index contributed by atoms with van der Waals surface area (Å²) in [6.45, 7) is 6.45. The molecule has 0 unspecified atom stereocenters. The monoisotopic (exact) mass is 248 g/mol. The van der Waals surface area contributed by atoms with Crippen molar-refractivity contribution < 1.29 is 4.79 Å². The predicted octanol–water partition coefficient (Wildman–Crippen LogP) is 1.82. The first-order valence-corrected chi connectivity index (χ1v) is 5.66. The third kappa shape index (κ3) is 4.64. The van der Waals surface area contributed by atoms with Crippen LogP contribution in [0.25, 0.3) is 0 Å². The Morgan fingerprint density at radius 3 is 2.73 bits per heavy atom. The lowest BCUT2D eigenvalue weighted by Crippen LogP contribution is -2.31. The van der Waals surface area contributed by atoms with Crippen LogP contribution >= 0.6 is 23.7 Å². The number of likely N-dealkylation sites (N-methyl/N-ethyl adjacent to an activating group) is 1. The molecule has 3 nitrogen and oxygen atoms in total.